The minimum Gasteiger partial charge on any atom is -0.550 e. The summed E-state index contributed by atoms with van der Waals surface area (Å²) in [6, 6.07) is 0. The summed E-state index contributed by atoms with van der Waals surface area (Å²) >= 11 is 0. The fraction of sp³-hybridized carbons (Fsp3) is 0.615. The van der Waals surface area contributed by atoms with Crippen molar-refractivity contribution in [2.75, 3.05) is 6.54 Å². The molecule has 0 bridgehead atoms. The van der Waals surface area contributed by atoms with Crippen LogP contribution >= 0.6 is 0 Å². The number of aromatic nitrogens is 1. The SMILES string of the molecule is CC1C(C)[C@H](C(=O)NCCc2cocn2)[C@@H]1C(=O)[O-].[Na+]. The smallest absolute Gasteiger partial charge is 0.550 e. The summed E-state index contributed by atoms with van der Waals surface area (Å²) in [4.78, 5) is 26.9. The van der Waals surface area contributed by atoms with Gasteiger partial charge in [-0.25, -0.2) is 4.98 Å². The summed E-state index contributed by atoms with van der Waals surface area (Å²) in [6.07, 6.45) is 3.41. The second-order valence-corrected chi connectivity index (χ2v) is 5.11. The third-order valence-electron chi connectivity index (χ3n) is 4.09. The monoisotopic (exact) mass is 288 g/mol. The van der Waals surface area contributed by atoms with Crippen LogP contribution < -0.4 is 40.0 Å². The first-order chi connectivity index (χ1) is 9.02. The van der Waals surface area contributed by atoms with E-state index in [0.29, 0.717) is 13.0 Å². The summed E-state index contributed by atoms with van der Waals surface area (Å²) in [5.74, 6) is -2.48. The Kier molecular flexibility index (Phi) is 6.23. The van der Waals surface area contributed by atoms with Gasteiger partial charge in [0.1, 0.15) is 6.26 Å². The maximum Gasteiger partial charge on any atom is 1.00 e. The summed E-state index contributed by atoms with van der Waals surface area (Å²) < 4.78 is 4.82. The number of nitrogens with one attached hydrogen (secondary N) is 1. The zero-order valence-electron chi connectivity index (χ0n) is 12.0. The Balaban J connectivity index is 0.00000200. The summed E-state index contributed by atoms with van der Waals surface area (Å²) in [7, 11) is 0. The fourth-order valence-electron chi connectivity index (χ4n) is 2.72. The number of aliphatic carboxylic acids is 1. The van der Waals surface area contributed by atoms with E-state index < -0.39 is 17.8 Å². The molecule has 0 aliphatic heterocycles. The van der Waals surface area contributed by atoms with Crippen molar-refractivity contribution >= 4 is 11.9 Å². The number of carbonyl (C=O) groups is 2. The van der Waals surface area contributed by atoms with E-state index in [0.717, 1.165) is 5.69 Å². The van der Waals surface area contributed by atoms with Crippen LogP contribution in [0.25, 0.3) is 0 Å². The molecule has 1 heterocycles. The van der Waals surface area contributed by atoms with Crippen molar-refractivity contribution in [1.82, 2.24) is 10.3 Å². The van der Waals surface area contributed by atoms with Gasteiger partial charge in [-0.05, 0) is 11.8 Å². The van der Waals surface area contributed by atoms with Gasteiger partial charge in [-0.3, -0.25) is 4.79 Å². The van der Waals surface area contributed by atoms with Crippen LogP contribution in [0.5, 0.6) is 0 Å². The molecule has 1 aliphatic carbocycles. The van der Waals surface area contributed by atoms with Gasteiger partial charge in [0, 0.05) is 30.8 Å². The summed E-state index contributed by atoms with van der Waals surface area (Å²) in [6.45, 7) is 4.15. The van der Waals surface area contributed by atoms with Crippen molar-refractivity contribution < 1.29 is 48.7 Å². The van der Waals surface area contributed by atoms with Crippen LogP contribution in [0, 0.1) is 23.7 Å². The average Bonchev–Trinajstić information content (AvgIpc) is 2.86. The van der Waals surface area contributed by atoms with Crippen molar-refractivity contribution in [3.8, 4) is 0 Å². The minimum absolute atomic E-state index is 0. The third-order valence-corrected chi connectivity index (χ3v) is 4.09. The van der Waals surface area contributed by atoms with E-state index >= 15 is 0 Å². The van der Waals surface area contributed by atoms with Crippen LogP contribution in [0.2, 0.25) is 0 Å². The Morgan fingerprint density at radius 2 is 2.00 bits per heavy atom. The molecule has 7 heteroatoms. The number of hydrogen-bond acceptors (Lipinski definition) is 5. The first-order valence-electron chi connectivity index (χ1n) is 6.38. The molecule has 0 radical (unpaired) electrons. The molecule has 1 fully saturated rings. The quantitative estimate of drug-likeness (QED) is 0.570. The van der Waals surface area contributed by atoms with Crippen molar-refractivity contribution in [1.29, 1.82) is 0 Å². The first kappa shape index (κ1) is 17.2. The van der Waals surface area contributed by atoms with E-state index in [1.54, 1.807) is 0 Å². The van der Waals surface area contributed by atoms with Crippen molar-refractivity contribution in [2.45, 2.75) is 20.3 Å². The molecular weight excluding hydrogens is 271 g/mol. The van der Waals surface area contributed by atoms with Crippen LogP contribution in [0.4, 0.5) is 0 Å². The molecule has 1 saturated carbocycles. The largest absolute Gasteiger partial charge is 1.00 e. The zero-order chi connectivity index (χ0) is 14.0. The Hall–Kier alpha value is -0.850. The van der Waals surface area contributed by atoms with E-state index in [-0.39, 0.29) is 47.3 Å². The number of oxazole rings is 1. The van der Waals surface area contributed by atoms with Gasteiger partial charge in [0.2, 0.25) is 5.91 Å². The van der Waals surface area contributed by atoms with Gasteiger partial charge in [-0.2, -0.15) is 0 Å². The molecule has 2 rings (SSSR count). The molecule has 1 aromatic rings. The maximum absolute atomic E-state index is 12.0. The van der Waals surface area contributed by atoms with Crippen LogP contribution in [-0.4, -0.2) is 23.4 Å². The van der Waals surface area contributed by atoms with Crippen LogP contribution in [0.1, 0.15) is 19.5 Å². The number of carbonyl (C=O) groups excluding carboxylic acids is 2. The van der Waals surface area contributed by atoms with Gasteiger partial charge in [-0.15, -0.1) is 0 Å². The van der Waals surface area contributed by atoms with Gasteiger partial charge in [-0.1, -0.05) is 13.8 Å². The number of rotatable bonds is 5. The Morgan fingerprint density at radius 3 is 2.55 bits per heavy atom. The second-order valence-electron chi connectivity index (χ2n) is 5.11. The van der Waals surface area contributed by atoms with Crippen LogP contribution in [-0.2, 0) is 16.0 Å². The zero-order valence-corrected chi connectivity index (χ0v) is 14.0. The van der Waals surface area contributed by atoms with Gasteiger partial charge in [0.05, 0.1) is 5.69 Å². The molecule has 0 spiro atoms. The predicted octanol–water partition coefficient (Wildman–Crippen LogP) is -3.39. The molecule has 6 nitrogen and oxygen atoms in total. The van der Waals surface area contributed by atoms with Gasteiger partial charge in [0.15, 0.2) is 6.39 Å². The molecular formula is C13H17N2NaO4. The number of hydrogen-bond donors (Lipinski definition) is 1. The van der Waals surface area contributed by atoms with E-state index in [1.165, 1.54) is 12.7 Å². The molecule has 4 atom stereocenters. The molecule has 1 N–H and O–H groups in total. The predicted molar refractivity (Wildman–Crippen MR) is 63.5 cm³/mol. The standard InChI is InChI=1S/C13H18N2O4.Na/c1-7-8(2)11(13(17)18)10(7)12(16)14-4-3-9-5-19-6-15-9;/h5-8,10-11H,3-4H2,1-2H3,(H,14,16)(H,17,18);/q;+1/p-1/t7?,8?,10-,11+;/m0./s1. The maximum atomic E-state index is 12.0. The number of nitrogens with zero attached hydrogens (tertiary/aromatic N) is 1. The topological polar surface area (TPSA) is 95.3 Å². The minimum atomic E-state index is -1.14. The number of amides is 1. The molecule has 1 amide bonds. The molecule has 2 unspecified atom stereocenters. The average molecular weight is 288 g/mol. The van der Waals surface area contributed by atoms with E-state index in [1.807, 2.05) is 13.8 Å². The molecule has 0 saturated heterocycles. The molecule has 20 heavy (non-hydrogen) atoms. The third kappa shape index (κ3) is 3.42. The first-order valence-corrected chi connectivity index (χ1v) is 6.38. The molecule has 0 aromatic carbocycles. The van der Waals surface area contributed by atoms with Gasteiger partial charge >= 0.3 is 29.6 Å². The second kappa shape index (κ2) is 7.24. The normalized spacial score (nSPS) is 28.1. The Morgan fingerprint density at radius 1 is 1.35 bits per heavy atom. The Labute approximate surface area is 139 Å². The van der Waals surface area contributed by atoms with Crippen molar-refractivity contribution in [2.24, 2.45) is 23.7 Å². The van der Waals surface area contributed by atoms with Crippen molar-refractivity contribution in [3.63, 3.8) is 0 Å². The molecule has 104 valence electrons. The van der Waals surface area contributed by atoms with E-state index in [9.17, 15) is 14.7 Å². The van der Waals surface area contributed by atoms with Crippen LogP contribution in [0.3, 0.4) is 0 Å². The number of carboxylic acids is 1. The Bertz CT molecular complexity index is 463. The fourth-order valence-corrected chi connectivity index (χ4v) is 2.72. The van der Waals surface area contributed by atoms with E-state index in [4.69, 9.17) is 4.42 Å². The van der Waals surface area contributed by atoms with Gasteiger partial charge < -0.3 is 19.6 Å². The number of carboxylic acid groups (broad SMARTS) is 1. The summed E-state index contributed by atoms with van der Waals surface area (Å²) in [5.41, 5.74) is 0.756. The summed E-state index contributed by atoms with van der Waals surface area (Å²) in [5, 5.41) is 13.7. The van der Waals surface area contributed by atoms with E-state index in [2.05, 4.69) is 10.3 Å². The molecule has 1 aromatic heterocycles. The van der Waals surface area contributed by atoms with Crippen LogP contribution in [0.15, 0.2) is 17.1 Å². The molecule has 1 aliphatic rings. The van der Waals surface area contributed by atoms with Gasteiger partial charge in [0.25, 0.3) is 0 Å². The van der Waals surface area contributed by atoms with Crippen molar-refractivity contribution in [3.05, 3.63) is 18.4 Å².